The van der Waals surface area contributed by atoms with Crippen LogP contribution in [0.25, 0.3) is 0 Å². The highest BCUT2D eigenvalue weighted by atomic mass is 79.9. The van der Waals surface area contributed by atoms with Gasteiger partial charge in [0.15, 0.2) is 0 Å². The van der Waals surface area contributed by atoms with Gasteiger partial charge >= 0.3 is 5.97 Å². The minimum atomic E-state index is -1.05. The number of carboxylic acid groups (broad SMARTS) is 1. The second kappa shape index (κ2) is 2.42. The SMILES string of the molecule is Cn1[c]c(Br)nc1C(=O)O. The molecule has 0 atom stereocenters. The molecule has 0 aliphatic carbocycles. The number of halogens is 1. The number of nitrogens with zero attached hydrogens (tertiary/aromatic N) is 2. The van der Waals surface area contributed by atoms with Gasteiger partial charge in [-0.3, -0.25) is 0 Å². The zero-order valence-electron chi connectivity index (χ0n) is 5.13. The van der Waals surface area contributed by atoms with E-state index in [4.69, 9.17) is 5.11 Å². The number of carboxylic acids is 1. The monoisotopic (exact) mass is 203 g/mol. The molecule has 4 nitrogen and oxygen atoms in total. The van der Waals surface area contributed by atoms with Crippen LogP contribution in [0.5, 0.6) is 0 Å². The van der Waals surface area contributed by atoms with Crippen LogP contribution in [0.4, 0.5) is 0 Å². The summed E-state index contributed by atoms with van der Waals surface area (Å²) in [4.78, 5) is 13.9. The molecular formula is C5H4BrN2O2. The Labute approximate surface area is 65.6 Å². The first-order chi connectivity index (χ1) is 4.61. The third-order valence-corrected chi connectivity index (χ3v) is 1.33. The van der Waals surface area contributed by atoms with E-state index in [1.807, 2.05) is 0 Å². The van der Waals surface area contributed by atoms with Gasteiger partial charge in [0.05, 0.1) is 0 Å². The molecule has 1 heterocycles. The van der Waals surface area contributed by atoms with Crippen LogP contribution in [0, 0.1) is 6.20 Å². The maximum atomic E-state index is 10.3. The summed E-state index contributed by atoms with van der Waals surface area (Å²) >= 11 is 3.00. The topological polar surface area (TPSA) is 55.1 Å². The molecule has 0 aliphatic heterocycles. The summed E-state index contributed by atoms with van der Waals surface area (Å²) in [5, 5.41) is 8.45. The van der Waals surface area contributed by atoms with Crippen molar-refractivity contribution in [1.29, 1.82) is 0 Å². The summed E-state index contributed by atoms with van der Waals surface area (Å²) in [6.45, 7) is 0. The van der Waals surface area contributed by atoms with E-state index in [0.29, 0.717) is 4.60 Å². The Bertz CT molecular complexity index is 269. The van der Waals surface area contributed by atoms with Crippen molar-refractivity contribution in [2.75, 3.05) is 0 Å². The first-order valence-electron chi connectivity index (χ1n) is 2.46. The summed E-state index contributed by atoms with van der Waals surface area (Å²) in [6.07, 6.45) is 2.63. The summed E-state index contributed by atoms with van der Waals surface area (Å²) in [7, 11) is 1.57. The molecule has 0 unspecified atom stereocenters. The lowest BCUT2D eigenvalue weighted by Crippen LogP contribution is -2.05. The Morgan fingerprint density at radius 1 is 1.90 bits per heavy atom. The van der Waals surface area contributed by atoms with Gasteiger partial charge in [-0.05, 0) is 15.9 Å². The molecule has 1 aromatic rings. The van der Waals surface area contributed by atoms with Crippen molar-refractivity contribution in [1.82, 2.24) is 9.55 Å². The van der Waals surface area contributed by atoms with Gasteiger partial charge in [0.1, 0.15) is 10.8 Å². The number of rotatable bonds is 1. The van der Waals surface area contributed by atoms with Gasteiger partial charge < -0.3 is 9.67 Å². The molecule has 0 saturated heterocycles. The predicted octanol–water partition coefficient (Wildman–Crippen LogP) is 0.681. The molecule has 1 aromatic heterocycles. The van der Waals surface area contributed by atoms with Gasteiger partial charge in [-0.25, -0.2) is 9.78 Å². The van der Waals surface area contributed by atoms with Gasteiger partial charge in [-0.1, -0.05) is 0 Å². The maximum Gasteiger partial charge on any atom is 0.372 e. The number of aryl methyl sites for hydroxylation is 1. The number of aromatic nitrogens is 2. The van der Waals surface area contributed by atoms with Crippen molar-refractivity contribution in [2.45, 2.75) is 0 Å². The number of carbonyl (C=O) groups is 1. The first kappa shape index (κ1) is 7.27. The quantitative estimate of drug-likeness (QED) is 0.731. The largest absolute Gasteiger partial charge is 0.475 e. The van der Waals surface area contributed by atoms with E-state index in [0.717, 1.165) is 0 Å². The summed E-state index contributed by atoms with van der Waals surface area (Å²) in [6, 6.07) is 0. The third-order valence-electron chi connectivity index (χ3n) is 0.973. The number of hydrogen-bond acceptors (Lipinski definition) is 2. The molecule has 1 rings (SSSR count). The van der Waals surface area contributed by atoms with Crippen LogP contribution in [0.15, 0.2) is 4.60 Å². The first-order valence-corrected chi connectivity index (χ1v) is 3.25. The molecule has 53 valence electrons. The molecule has 0 aromatic carbocycles. The number of aromatic carboxylic acids is 1. The second-order valence-corrected chi connectivity index (χ2v) is 2.45. The van der Waals surface area contributed by atoms with E-state index in [9.17, 15) is 4.79 Å². The fraction of sp³-hybridized carbons (Fsp3) is 0.200. The van der Waals surface area contributed by atoms with Gasteiger partial charge in [-0.2, -0.15) is 0 Å². The van der Waals surface area contributed by atoms with Crippen LogP contribution in [0.3, 0.4) is 0 Å². The molecule has 0 bridgehead atoms. The fourth-order valence-electron chi connectivity index (χ4n) is 0.576. The lowest BCUT2D eigenvalue weighted by molar-refractivity contribution is 0.0679. The highest BCUT2D eigenvalue weighted by molar-refractivity contribution is 9.10. The fourth-order valence-corrected chi connectivity index (χ4v) is 1.01. The molecule has 5 heteroatoms. The average Bonchev–Trinajstić information content (AvgIpc) is 2.10. The smallest absolute Gasteiger partial charge is 0.372 e. The van der Waals surface area contributed by atoms with Crippen LogP contribution in [-0.4, -0.2) is 20.6 Å². The predicted molar refractivity (Wildman–Crippen MR) is 36.7 cm³/mol. The van der Waals surface area contributed by atoms with Crippen molar-refractivity contribution >= 4 is 21.9 Å². The van der Waals surface area contributed by atoms with E-state index in [1.165, 1.54) is 4.57 Å². The molecule has 0 saturated carbocycles. The maximum absolute atomic E-state index is 10.3. The van der Waals surface area contributed by atoms with Crippen molar-refractivity contribution in [2.24, 2.45) is 7.05 Å². The highest BCUT2D eigenvalue weighted by Gasteiger charge is 2.10. The lowest BCUT2D eigenvalue weighted by Gasteiger charge is -1.89. The number of imidazole rings is 1. The third kappa shape index (κ3) is 1.18. The molecule has 0 spiro atoms. The van der Waals surface area contributed by atoms with Crippen LogP contribution >= 0.6 is 15.9 Å². The Hall–Kier alpha value is -0.840. The van der Waals surface area contributed by atoms with E-state index in [1.54, 1.807) is 7.05 Å². The van der Waals surface area contributed by atoms with E-state index in [2.05, 4.69) is 27.1 Å². The highest BCUT2D eigenvalue weighted by Crippen LogP contribution is 2.06. The van der Waals surface area contributed by atoms with Crippen LogP contribution < -0.4 is 0 Å². The summed E-state index contributed by atoms with van der Waals surface area (Å²) < 4.78 is 1.72. The molecule has 0 fully saturated rings. The average molecular weight is 204 g/mol. The van der Waals surface area contributed by atoms with Crippen molar-refractivity contribution < 1.29 is 9.90 Å². The molecule has 0 aliphatic rings. The van der Waals surface area contributed by atoms with Crippen LogP contribution in [-0.2, 0) is 7.05 Å². The van der Waals surface area contributed by atoms with Gasteiger partial charge in [0.25, 0.3) is 0 Å². The number of hydrogen-bond donors (Lipinski definition) is 1. The Morgan fingerprint density at radius 2 is 2.50 bits per heavy atom. The van der Waals surface area contributed by atoms with Crippen molar-refractivity contribution in [3.8, 4) is 0 Å². The Balaban J connectivity index is 3.15. The normalized spacial score (nSPS) is 9.80. The minimum Gasteiger partial charge on any atom is -0.475 e. The summed E-state index contributed by atoms with van der Waals surface area (Å²) in [5.41, 5.74) is 0. The zero-order chi connectivity index (χ0) is 7.72. The van der Waals surface area contributed by atoms with Gasteiger partial charge in [-0.15, -0.1) is 0 Å². The van der Waals surface area contributed by atoms with Gasteiger partial charge in [0, 0.05) is 7.05 Å². The molecule has 1 N–H and O–H groups in total. The van der Waals surface area contributed by atoms with Crippen LogP contribution in [0.1, 0.15) is 10.6 Å². The Kier molecular flexibility index (Phi) is 1.76. The molecule has 0 amide bonds. The van der Waals surface area contributed by atoms with Crippen LogP contribution in [0.2, 0.25) is 0 Å². The van der Waals surface area contributed by atoms with E-state index >= 15 is 0 Å². The zero-order valence-corrected chi connectivity index (χ0v) is 6.71. The summed E-state index contributed by atoms with van der Waals surface area (Å²) in [5.74, 6) is -1.07. The molecular weight excluding hydrogens is 200 g/mol. The minimum absolute atomic E-state index is 0.0214. The molecule has 10 heavy (non-hydrogen) atoms. The standard InChI is InChI=1S/C5H4BrN2O2/c1-8-2-3(6)7-4(8)5(9)10/h1H3,(H,9,10). The second-order valence-electron chi connectivity index (χ2n) is 1.70. The van der Waals surface area contributed by atoms with E-state index < -0.39 is 5.97 Å². The van der Waals surface area contributed by atoms with E-state index in [-0.39, 0.29) is 5.82 Å². The van der Waals surface area contributed by atoms with Crippen molar-refractivity contribution in [3.05, 3.63) is 16.6 Å². The van der Waals surface area contributed by atoms with Crippen molar-refractivity contribution in [3.63, 3.8) is 0 Å². The molecule has 1 radical (unpaired) electrons. The lowest BCUT2D eigenvalue weighted by atomic mass is 10.6. The van der Waals surface area contributed by atoms with Gasteiger partial charge in [0.2, 0.25) is 5.82 Å². The Morgan fingerprint density at radius 3 is 2.70 bits per heavy atom.